The Kier molecular flexibility index (Phi) is 3.89. The molecule has 0 amide bonds. The van der Waals surface area contributed by atoms with Crippen molar-refractivity contribution in [2.75, 3.05) is 19.0 Å². The maximum atomic E-state index is 11.0. The number of carboxylic acid groups (broad SMARTS) is 1. The van der Waals surface area contributed by atoms with E-state index in [-0.39, 0.29) is 11.2 Å². The number of nitrogens with zero attached hydrogens (tertiary/aromatic N) is 1. The molecule has 2 rings (SSSR count). The van der Waals surface area contributed by atoms with Gasteiger partial charge in [-0.3, -0.25) is 10.1 Å². The van der Waals surface area contributed by atoms with Crippen molar-refractivity contribution < 1.29 is 19.6 Å². The van der Waals surface area contributed by atoms with Crippen molar-refractivity contribution in [3.63, 3.8) is 0 Å². The summed E-state index contributed by atoms with van der Waals surface area (Å²) in [6, 6.07) is 3.99. The Bertz CT molecular complexity index is 534. The summed E-state index contributed by atoms with van der Waals surface area (Å²) < 4.78 is 5.45. The van der Waals surface area contributed by atoms with Gasteiger partial charge in [0.2, 0.25) is 0 Å². The standard InChI is InChI=1S/C13H16N2O5/c1-20-13(5-2-6-13)8-14-9-3-4-11(15(18)19)10(7-9)12(16)17/h3-4,7,14H,2,5-6,8H2,1H3,(H,16,17). The van der Waals surface area contributed by atoms with E-state index in [1.54, 1.807) is 7.11 Å². The number of rotatable bonds is 6. The van der Waals surface area contributed by atoms with Crippen LogP contribution in [0.3, 0.4) is 0 Å². The van der Waals surface area contributed by atoms with E-state index >= 15 is 0 Å². The summed E-state index contributed by atoms with van der Waals surface area (Å²) in [4.78, 5) is 21.1. The first-order valence-electron chi connectivity index (χ1n) is 6.28. The highest BCUT2D eigenvalue weighted by Crippen LogP contribution is 2.35. The van der Waals surface area contributed by atoms with Gasteiger partial charge in [0.25, 0.3) is 5.69 Å². The summed E-state index contributed by atoms with van der Waals surface area (Å²) in [6.45, 7) is 0.556. The lowest BCUT2D eigenvalue weighted by atomic mass is 9.80. The Hall–Kier alpha value is -2.15. The molecule has 1 aromatic carbocycles. The third-order valence-corrected chi connectivity index (χ3v) is 3.74. The Labute approximate surface area is 115 Å². The Balaban J connectivity index is 2.15. The number of hydrogen-bond acceptors (Lipinski definition) is 5. The van der Waals surface area contributed by atoms with Crippen LogP contribution in [0.1, 0.15) is 29.6 Å². The van der Waals surface area contributed by atoms with Gasteiger partial charge >= 0.3 is 5.97 Å². The molecule has 0 radical (unpaired) electrons. The SMILES string of the molecule is COC1(CNc2ccc([N+](=O)[O-])c(C(=O)O)c2)CCC1. The zero-order chi connectivity index (χ0) is 14.8. The summed E-state index contributed by atoms with van der Waals surface area (Å²) >= 11 is 0. The zero-order valence-electron chi connectivity index (χ0n) is 11.1. The molecule has 108 valence electrons. The summed E-state index contributed by atoms with van der Waals surface area (Å²) in [7, 11) is 1.65. The van der Waals surface area contributed by atoms with Crippen LogP contribution in [0, 0.1) is 10.1 Å². The molecule has 1 aliphatic rings. The number of ether oxygens (including phenoxy) is 1. The molecule has 2 N–H and O–H groups in total. The van der Waals surface area contributed by atoms with Crippen LogP contribution in [0.4, 0.5) is 11.4 Å². The maximum Gasteiger partial charge on any atom is 0.342 e. The molecule has 0 unspecified atom stereocenters. The fraction of sp³-hybridized carbons (Fsp3) is 0.462. The fourth-order valence-corrected chi connectivity index (χ4v) is 2.26. The van der Waals surface area contributed by atoms with Gasteiger partial charge in [-0.05, 0) is 31.4 Å². The van der Waals surface area contributed by atoms with E-state index in [0.717, 1.165) is 19.3 Å². The lowest BCUT2D eigenvalue weighted by Gasteiger charge is -2.40. The largest absolute Gasteiger partial charge is 0.477 e. The van der Waals surface area contributed by atoms with E-state index < -0.39 is 16.6 Å². The Morgan fingerprint density at radius 3 is 2.70 bits per heavy atom. The molecule has 0 heterocycles. The van der Waals surface area contributed by atoms with Crippen LogP contribution in [0.5, 0.6) is 0 Å². The highest BCUT2D eigenvalue weighted by atomic mass is 16.6. The van der Waals surface area contributed by atoms with Gasteiger partial charge in [-0.25, -0.2) is 4.79 Å². The number of hydrogen-bond donors (Lipinski definition) is 2. The monoisotopic (exact) mass is 280 g/mol. The second kappa shape index (κ2) is 5.46. The molecule has 1 saturated carbocycles. The molecule has 1 fully saturated rings. The number of carboxylic acids is 1. The molecule has 0 aromatic heterocycles. The van der Waals surface area contributed by atoms with Crippen LogP contribution in [-0.2, 0) is 4.74 Å². The van der Waals surface area contributed by atoms with Crippen molar-refractivity contribution in [3.05, 3.63) is 33.9 Å². The van der Waals surface area contributed by atoms with Gasteiger partial charge in [-0.15, -0.1) is 0 Å². The van der Waals surface area contributed by atoms with Crippen molar-refractivity contribution >= 4 is 17.3 Å². The lowest BCUT2D eigenvalue weighted by molar-refractivity contribution is -0.385. The van der Waals surface area contributed by atoms with Crippen LogP contribution >= 0.6 is 0 Å². The fourth-order valence-electron chi connectivity index (χ4n) is 2.26. The first-order chi connectivity index (χ1) is 9.47. The molecule has 1 aromatic rings. The summed E-state index contributed by atoms with van der Waals surface area (Å²) in [6.07, 6.45) is 3.01. The normalized spacial score (nSPS) is 16.2. The summed E-state index contributed by atoms with van der Waals surface area (Å²) in [5.74, 6) is -1.31. The number of anilines is 1. The second-order valence-corrected chi connectivity index (χ2v) is 4.89. The van der Waals surface area contributed by atoms with Gasteiger partial charge in [0, 0.05) is 25.4 Å². The van der Waals surface area contributed by atoms with Crippen molar-refractivity contribution in [3.8, 4) is 0 Å². The Morgan fingerprint density at radius 2 is 2.25 bits per heavy atom. The van der Waals surface area contributed by atoms with Crippen molar-refractivity contribution in [2.45, 2.75) is 24.9 Å². The molecule has 7 nitrogen and oxygen atoms in total. The van der Waals surface area contributed by atoms with Crippen LogP contribution in [0.2, 0.25) is 0 Å². The number of nitro benzene ring substituents is 1. The van der Waals surface area contributed by atoms with E-state index in [2.05, 4.69) is 5.32 Å². The first kappa shape index (κ1) is 14.3. The first-order valence-corrected chi connectivity index (χ1v) is 6.28. The number of nitrogens with one attached hydrogen (secondary N) is 1. The Morgan fingerprint density at radius 1 is 1.55 bits per heavy atom. The van der Waals surface area contributed by atoms with Gasteiger partial charge in [-0.2, -0.15) is 0 Å². The minimum Gasteiger partial charge on any atom is -0.477 e. The van der Waals surface area contributed by atoms with Crippen LogP contribution in [-0.4, -0.2) is 35.3 Å². The summed E-state index contributed by atoms with van der Waals surface area (Å²) in [5.41, 5.74) is -0.393. The molecule has 7 heteroatoms. The quantitative estimate of drug-likeness (QED) is 0.612. The van der Waals surface area contributed by atoms with Gasteiger partial charge in [0.05, 0.1) is 10.5 Å². The van der Waals surface area contributed by atoms with Crippen molar-refractivity contribution in [2.24, 2.45) is 0 Å². The highest BCUT2D eigenvalue weighted by Gasteiger charge is 2.36. The van der Waals surface area contributed by atoms with Gasteiger partial charge in [0.15, 0.2) is 0 Å². The summed E-state index contributed by atoms with van der Waals surface area (Å²) in [5, 5.41) is 22.9. The number of aromatic carboxylic acids is 1. The second-order valence-electron chi connectivity index (χ2n) is 4.89. The highest BCUT2D eigenvalue weighted by molar-refractivity contribution is 5.93. The molecule has 0 aliphatic heterocycles. The van der Waals surface area contributed by atoms with E-state index in [4.69, 9.17) is 9.84 Å². The lowest BCUT2D eigenvalue weighted by Crippen LogP contribution is -2.45. The van der Waals surface area contributed by atoms with Gasteiger partial charge < -0.3 is 15.2 Å². The average Bonchev–Trinajstić information content (AvgIpc) is 2.37. The third kappa shape index (κ3) is 2.72. The molecular formula is C13H16N2O5. The average molecular weight is 280 g/mol. The van der Waals surface area contributed by atoms with Crippen LogP contribution < -0.4 is 5.32 Å². The van der Waals surface area contributed by atoms with E-state index in [1.807, 2.05) is 0 Å². The predicted octanol–water partition coefficient (Wildman–Crippen LogP) is 2.27. The minimum atomic E-state index is -1.31. The minimum absolute atomic E-state index is 0.203. The molecule has 0 spiro atoms. The van der Waals surface area contributed by atoms with E-state index in [0.29, 0.717) is 12.2 Å². The van der Waals surface area contributed by atoms with Gasteiger partial charge in [-0.1, -0.05) is 0 Å². The molecule has 1 aliphatic carbocycles. The molecule has 0 atom stereocenters. The van der Waals surface area contributed by atoms with Crippen LogP contribution in [0.15, 0.2) is 18.2 Å². The third-order valence-electron chi connectivity index (χ3n) is 3.74. The number of methoxy groups -OCH3 is 1. The predicted molar refractivity (Wildman–Crippen MR) is 72.1 cm³/mol. The van der Waals surface area contributed by atoms with E-state index in [9.17, 15) is 14.9 Å². The topological polar surface area (TPSA) is 102 Å². The number of benzene rings is 1. The van der Waals surface area contributed by atoms with Crippen molar-refractivity contribution in [1.29, 1.82) is 0 Å². The molecular weight excluding hydrogens is 264 g/mol. The van der Waals surface area contributed by atoms with Crippen LogP contribution in [0.25, 0.3) is 0 Å². The smallest absolute Gasteiger partial charge is 0.342 e. The maximum absolute atomic E-state index is 11.0. The van der Waals surface area contributed by atoms with Gasteiger partial charge in [0.1, 0.15) is 5.56 Å². The molecule has 0 bridgehead atoms. The number of nitro groups is 1. The van der Waals surface area contributed by atoms with Crippen molar-refractivity contribution in [1.82, 2.24) is 0 Å². The number of carbonyl (C=O) groups is 1. The molecule has 20 heavy (non-hydrogen) atoms. The zero-order valence-corrected chi connectivity index (χ0v) is 11.1. The molecule has 0 saturated heterocycles. The van der Waals surface area contributed by atoms with E-state index in [1.165, 1.54) is 18.2 Å².